The summed E-state index contributed by atoms with van der Waals surface area (Å²) in [6.45, 7) is 1.36. The summed E-state index contributed by atoms with van der Waals surface area (Å²) in [4.78, 5) is 11.8. The Labute approximate surface area is 156 Å². The number of hydrogen-bond acceptors (Lipinski definition) is 4. The van der Waals surface area contributed by atoms with Crippen LogP contribution in [0.4, 0.5) is 10.1 Å². The van der Waals surface area contributed by atoms with Crippen molar-refractivity contribution in [1.82, 2.24) is 4.31 Å². The Morgan fingerprint density at radius 2 is 1.96 bits per heavy atom. The average Bonchev–Trinajstić information content (AvgIpc) is 2.58. The van der Waals surface area contributed by atoms with Crippen LogP contribution in [0.25, 0.3) is 0 Å². The topological polar surface area (TPSA) is 75.7 Å². The number of nitrogens with one attached hydrogen (secondary N) is 1. The van der Waals surface area contributed by atoms with E-state index < -0.39 is 28.3 Å². The molecule has 0 fully saturated rings. The first-order valence-electron chi connectivity index (χ1n) is 7.51. The molecule has 0 aliphatic heterocycles. The van der Waals surface area contributed by atoms with Gasteiger partial charge in [0.2, 0.25) is 15.9 Å². The van der Waals surface area contributed by atoms with Gasteiger partial charge in [0.1, 0.15) is 16.5 Å². The lowest BCUT2D eigenvalue weighted by molar-refractivity contribution is -0.116. The molecule has 140 valence electrons. The van der Waals surface area contributed by atoms with Crippen molar-refractivity contribution in [3.8, 4) is 5.75 Å². The maximum atomic E-state index is 13.5. The first-order valence-corrected chi connectivity index (χ1v) is 9.33. The van der Waals surface area contributed by atoms with E-state index in [2.05, 4.69) is 5.32 Å². The average molecular weight is 401 g/mol. The fraction of sp³-hybridized carbons (Fsp3) is 0.235. The lowest BCUT2D eigenvalue weighted by Gasteiger charge is -2.18. The number of halogens is 2. The van der Waals surface area contributed by atoms with Crippen molar-refractivity contribution in [2.45, 2.75) is 11.8 Å². The molecule has 0 heterocycles. The maximum Gasteiger partial charge on any atom is 0.247 e. The van der Waals surface area contributed by atoms with Gasteiger partial charge in [-0.05, 0) is 42.8 Å². The number of carbonyl (C=O) groups is 1. The van der Waals surface area contributed by atoms with E-state index in [0.717, 1.165) is 22.0 Å². The molecule has 0 aliphatic rings. The van der Waals surface area contributed by atoms with Crippen LogP contribution in [-0.2, 0) is 14.8 Å². The molecule has 0 radical (unpaired) electrons. The zero-order chi connectivity index (χ0) is 19.5. The van der Waals surface area contributed by atoms with Crippen LogP contribution in [-0.4, -0.2) is 39.3 Å². The van der Waals surface area contributed by atoms with E-state index in [0.29, 0.717) is 10.7 Å². The Morgan fingerprint density at radius 1 is 1.27 bits per heavy atom. The molecule has 0 atom stereocenters. The Balaban J connectivity index is 2.17. The third kappa shape index (κ3) is 4.51. The minimum atomic E-state index is -4.13. The minimum absolute atomic E-state index is 0.0102. The summed E-state index contributed by atoms with van der Waals surface area (Å²) in [5.41, 5.74) is 1.29. The Hall–Kier alpha value is -2.16. The van der Waals surface area contributed by atoms with Crippen molar-refractivity contribution in [2.75, 3.05) is 26.0 Å². The van der Waals surface area contributed by atoms with Crippen molar-refractivity contribution in [3.05, 3.63) is 52.8 Å². The summed E-state index contributed by atoms with van der Waals surface area (Å²) in [5, 5.41) is 3.05. The first-order chi connectivity index (χ1) is 12.1. The molecule has 2 aromatic rings. The van der Waals surface area contributed by atoms with E-state index in [1.807, 2.05) is 6.92 Å². The van der Waals surface area contributed by atoms with Crippen LogP contribution in [0.5, 0.6) is 5.75 Å². The van der Waals surface area contributed by atoms with E-state index in [4.69, 9.17) is 16.3 Å². The molecular formula is C17H18ClFN2O4S. The van der Waals surface area contributed by atoms with E-state index in [9.17, 15) is 17.6 Å². The van der Waals surface area contributed by atoms with Gasteiger partial charge in [0.25, 0.3) is 0 Å². The number of carbonyl (C=O) groups excluding carboxylic acids is 1. The number of amides is 1. The molecule has 1 amide bonds. The van der Waals surface area contributed by atoms with Crippen LogP contribution in [0.2, 0.25) is 5.02 Å². The highest BCUT2D eigenvalue weighted by atomic mass is 35.5. The summed E-state index contributed by atoms with van der Waals surface area (Å²) < 4.78 is 44.5. The van der Waals surface area contributed by atoms with Crippen molar-refractivity contribution in [1.29, 1.82) is 0 Å². The molecule has 2 rings (SSSR count). The summed E-state index contributed by atoms with van der Waals surface area (Å²) >= 11 is 6.00. The van der Waals surface area contributed by atoms with E-state index in [-0.39, 0.29) is 10.6 Å². The number of sulfonamides is 1. The number of likely N-dealkylation sites (N-methyl/N-ethyl adjacent to an activating group) is 1. The highest BCUT2D eigenvalue weighted by molar-refractivity contribution is 7.89. The number of methoxy groups -OCH3 is 1. The lowest BCUT2D eigenvalue weighted by Crippen LogP contribution is -2.35. The first kappa shape index (κ1) is 20.2. The minimum Gasteiger partial charge on any atom is -0.495 e. The number of benzene rings is 2. The molecule has 0 aromatic heterocycles. The van der Waals surface area contributed by atoms with E-state index >= 15 is 0 Å². The Morgan fingerprint density at radius 3 is 2.58 bits per heavy atom. The normalized spacial score (nSPS) is 11.5. The van der Waals surface area contributed by atoms with E-state index in [1.165, 1.54) is 20.2 Å². The number of ether oxygens (including phenoxy) is 1. The van der Waals surface area contributed by atoms with Crippen LogP contribution >= 0.6 is 11.6 Å². The molecule has 0 bridgehead atoms. The zero-order valence-electron chi connectivity index (χ0n) is 14.4. The third-order valence-corrected chi connectivity index (χ3v) is 5.87. The molecule has 2 aromatic carbocycles. The van der Waals surface area contributed by atoms with Gasteiger partial charge in [-0.25, -0.2) is 12.8 Å². The van der Waals surface area contributed by atoms with Crippen LogP contribution in [0.1, 0.15) is 5.56 Å². The molecule has 0 aliphatic carbocycles. The predicted octanol–water partition coefficient (Wildman–Crippen LogP) is 3.06. The smallest absolute Gasteiger partial charge is 0.247 e. The molecule has 9 heteroatoms. The van der Waals surface area contributed by atoms with Gasteiger partial charge in [0.15, 0.2) is 0 Å². The second kappa shape index (κ2) is 8.03. The monoisotopic (exact) mass is 400 g/mol. The highest BCUT2D eigenvalue weighted by Crippen LogP contribution is 2.27. The SMILES string of the molecule is COc1ccc(F)cc1S(=O)(=O)N(C)CC(=O)Nc1ccc(C)c(Cl)c1. The van der Waals surface area contributed by atoms with Gasteiger partial charge < -0.3 is 10.1 Å². The molecule has 1 N–H and O–H groups in total. The second-order valence-electron chi connectivity index (χ2n) is 5.57. The standard InChI is InChI=1S/C17H18ClFN2O4S/c1-11-4-6-13(9-14(11)18)20-17(22)10-21(2)26(23,24)16-8-12(19)5-7-15(16)25-3/h4-9H,10H2,1-3H3,(H,20,22). The molecule has 6 nitrogen and oxygen atoms in total. The lowest BCUT2D eigenvalue weighted by atomic mass is 10.2. The number of hydrogen-bond donors (Lipinski definition) is 1. The van der Waals surface area contributed by atoms with Crippen molar-refractivity contribution < 1.29 is 22.3 Å². The number of anilines is 1. The second-order valence-corrected chi connectivity index (χ2v) is 7.99. The van der Waals surface area contributed by atoms with E-state index in [1.54, 1.807) is 18.2 Å². The summed E-state index contributed by atoms with van der Waals surface area (Å²) in [5.74, 6) is -1.30. The van der Waals surface area contributed by atoms with Gasteiger partial charge >= 0.3 is 0 Å². The van der Waals surface area contributed by atoms with Gasteiger partial charge in [-0.3, -0.25) is 4.79 Å². The molecule has 0 spiro atoms. The summed E-state index contributed by atoms with van der Waals surface area (Å²) in [6.07, 6.45) is 0. The van der Waals surface area contributed by atoms with Gasteiger partial charge in [-0.2, -0.15) is 4.31 Å². The van der Waals surface area contributed by atoms with Crippen LogP contribution in [0.3, 0.4) is 0 Å². The van der Waals surface area contributed by atoms with Crippen molar-refractivity contribution in [3.63, 3.8) is 0 Å². The van der Waals surface area contributed by atoms with Crippen LogP contribution < -0.4 is 10.1 Å². The molecule has 0 saturated carbocycles. The fourth-order valence-electron chi connectivity index (χ4n) is 2.18. The number of nitrogens with zero attached hydrogens (tertiary/aromatic N) is 1. The largest absolute Gasteiger partial charge is 0.495 e. The number of aryl methyl sites for hydroxylation is 1. The van der Waals surface area contributed by atoms with Crippen LogP contribution in [0.15, 0.2) is 41.3 Å². The quantitative estimate of drug-likeness (QED) is 0.808. The third-order valence-electron chi connectivity index (χ3n) is 3.64. The zero-order valence-corrected chi connectivity index (χ0v) is 16.0. The fourth-order valence-corrected chi connectivity index (χ4v) is 3.65. The number of rotatable bonds is 6. The summed E-state index contributed by atoms with van der Waals surface area (Å²) in [6, 6.07) is 8.11. The van der Waals surface area contributed by atoms with Crippen LogP contribution in [0, 0.1) is 12.7 Å². The molecule has 26 heavy (non-hydrogen) atoms. The Bertz CT molecular complexity index is 934. The molecular weight excluding hydrogens is 383 g/mol. The van der Waals surface area contributed by atoms with Crippen molar-refractivity contribution in [2.24, 2.45) is 0 Å². The highest BCUT2D eigenvalue weighted by Gasteiger charge is 2.27. The Kier molecular flexibility index (Phi) is 6.22. The maximum absolute atomic E-state index is 13.5. The summed E-state index contributed by atoms with van der Waals surface area (Å²) in [7, 11) is -1.62. The molecule has 0 saturated heterocycles. The van der Waals surface area contributed by atoms with Gasteiger partial charge in [-0.15, -0.1) is 0 Å². The van der Waals surface area contributed by atoms with Gasteiger partial charge in [0, 0.05) is 17.8 Å². The predicted molar refractivity (Wildman–Crippen MR) is 97.6 cm³/mol. The van der Waals surface area contributed by atoms with Gasteiger partial charge in [0.05, 0.1) is 13.7 Å². The van der Waals surface area contributed by atoms with Gasteiger partial charge in [-0.1, -0.05) is 17.7 Å². The van der Waals surface area contributed by atoms with Crippen molar-refractivity contribution >= 4 is 33.2 Å². The molecule has 0 unspecified atom stereocenters.